The van der Waals surface area contributed by atoms with E-state index < -0.39 is 0 Å². The van der Waals surface area contributed by atoms with E-state index in [0.717, 1.165) is 45.6 Å². The summed E-state index contributed by atoms with van der Waals surface area (Å²) in [6, 6.07) is 6.51. The summed E-state index contributed by atoms with van der Waals surface area (Å²) < 4.78 is 5.38. The highest BCUT2D eigenvalue weighted by molar-refractivity contribution is 5.87. The first-order valence-electron chi connectivity index (χ1n) is 8.19. The van der Waals surface area contributed by atoms with Crippen LogP contribution in [-0.2, 0) is 22.5 Å². The predicted molar refractivity (Wildman–Crippen MR) is 85.7 cm³/mol. The number of carbonyl (C=O) groups excluding carboxylic acids is 1. The molecule has 2 aliphatic heterocycles. The lowest BCUT2D eigenvalue weighted by molar-refractivity contribution is -0.139. The highest BCUT2D eigenvalue weighted by Gasteiger charge is 2.30. The van der Waals surface area contributed by atoms with Gasteiger partial charge in [-0.1, -0.05) is 11.6 Å². The Labute approximate surface area is 130 Å². The van der Waals surface area contributed by atoms with E-state index in [4.69, 9.17) is 4.74 Å². The van der Waals surface area contributed by atoms with Crippen molar-refractivity contribution in [1.82, 2.24) is 9.88 Å². The van der Waals surface area contributed by atoms with Crippen LogP contribution < -0.4 is 0 Å². The zero-order valence-electron chi connectivity index (χ0n) is 13.0. The minimum atomic E-state index is 0.155. The monoisotopic (exact) mass is 298 g/mol. The molecule has 4 rings (SSSR count). The summed E-state index contributed by atoms with van der Waals surface area (Å²) in [5.41, 5.74) is 5.07. The van der Waals surface area contributed by atoms with Crippen molar-refractivity contribution < 1.29 is 9.53 Å². The van der Waals surface area contributed by atoms with Gasteiger partial charge in [0.1, 0.15) is 0 Å². The largest absolute Gasteiger partial charge is 0.381 e. The van der Waals surface area contributed by atoms with E-state index in [9.17, 15) is 4.79 Å². The second-order valence-corrected chi connectivity index (χ2v) is 6.53. The summed E-state index contributed by atoms with van der Waals surface area (Å²) in [6.45, 7) is 5.14. The third-order valence-corrected chi connectivity index (χ3v) is 5.01. The molecule has 116 valence electrons. The highest BCUT2D eigenvalue weighted by Crippen LogP contribution is 2.30. The van der Waals surface area contributed by atoms with Crippen molar-refractivity contribution in [2.75, 3.05) is 19.8 Å². The number of hydrogen-bond acceptors (Lipinski definition) is 2. The quantitative estimate of drug-likeness (QED) is 0.880. The van der Waals surface area contributed by atoms with E-state index in [2.05, 4.69) is 30.1 Å². The molecule has 0 atom stereocenters. The fourth-order valence-electron chi connectivity index (χ4n) is 3.72. The molecule has 2 aromatic rings. The van der Waals surface area contributed by atoms with Crippen LogP contribution in [0.1, 0.15) is 29.7 Å². The number of carbonyl (C=O) groups is 1. The van der Waals surface area contributed by atoms with Crippen molar-refractivity contribution in [1.29, 1.82) is 0 Å². The Morgan fingerprint density at radius 1 is 1.32 bits per heavy atom. The first kappa shape index (κ1) is 13.8. The van der Waals surface area contributed by atoms with Gasteiger partial charge in [0.05, 0.1) is 0 Å². The summed E-state index contributed by atoms with van der Waals surface area (Å²) in [5, 5.41) is 1.28. The number of H-pyrrole nitrogens is 1. The van der Waals surface area contributed by atoms with Crippen LogP contribution in [0, 0.1) is 12.8 Å². The fraction of sp³-hybridized carbons (Fsp3) is 0.500. The Bertz CT molecular complexity index is 713. The first-order valence-corrected chi connectivity index (χ1v) is 8.19. The van der Waals surface area contributed by atoms with Crippen LogP contribution in [0.2, 0.25) is 0 Å². The van der Waals surface area contributed by atoms with E-state index in [-0.39, 0.29) is 5.92 Å². The van der Waals surface area contributed by atoms with Crippen LogP contribution in [-0.4, -0.2) is 35.5 Å². The number of aryl methyl sites for hydroxylation is 1. The van der Waals surface area contributed by atoms with Crippen LogP contribution in [0.5, 0.6) is 0 Å². The van der Waals surface area contributed by atoms with Crippen LogP contribution in [0.3, 0.4) is 0 Å². The molecule has 0 unspecified atom stereocenters. The average molecular weight is 298 g/mol. The number of aromatic nitrogens is 1. The lowest BCUT2D eigenvalue weighted by Gasteiger charge is -2.32. The lowest BCUT2D eigenvalue weighted by Crippen LogP contribution is -2.41. The summed E-state index contributed by atoms with van der Waals surface area (Å²) in [6.07, 6.45) is 2.67. The molecule has 0 spiro atoms. The first-order chi connectivity index (χ1) is 10.7. The lowest BCUT2D eigenvalue weighted by atomic mass is 9.96. The van der Waals surface area contributed by atoms with Gasteiger partial charge in [0.25, 0.3) is 0 Å². The van der Waals surface area contributed by atoms with Crippen molar-refractivity contribution in [3.8, 4) is 0 Å². The molecule has 2 aliphatic rings. The molecule has 1 N–H and O–H groups in total. The third-order valence-electron chi connectivity index (χ3n) is 5.01. The Balaban J connectivity index is 1.61. The Kier molecular flexibility index (Phi) is 3.41. The van der Waals surface area contributed by atoms with Gasteiger partial charge >= 0.3 is 0 Å². The Morgan fingerprint density at radius 2 is 2.14 bits per heavy atom. The van der Waals surface area contributed by atoms with Crippen LogP contribution in [0.15, 0.2) is 18.2 Å². The number of hydrogen-bond donors (Lipinski definition) is 1. The van der Waals surface area contributed by atoms with Gasteiger partial charge in [0.2, 0.25) is 5.91 Å². The van der Waals surface area contributed by atoms with Crippen molar-refractivity contribution in [2.24, 2.45) is 5.92 Å². The summed E-state index contributed by atoms with van der Waals surface area (Å²) >= 11 is 0. The summed E-state index contributed by atoms with van der Waals surface area (Å²) in [4.78, 5) is 18.3. The zero-order chi connectivity index (χ0) is 15.1. The van der Waals surface area contributed by atoms with Crippen molar-refractivity contribution in [3.63, 3.8) is 0 Å². The number of benzene rings is 1. The maximum Gasteiger partial charge on any atom is 0.226 e. The molecular weight excluding hydrogens is 276 g/mol. The van der Waals surface area contributed by atoms with Gasteiger partial charge < -0.3 is 14.6 Å². The molecule has 0 bridgehead atoms. The molecule has 0 aliphatic carbocycles. The number of nitrogens with zero attached hydrogens (tertiary/aromatic N) is 1. The molecule has 1 aromatic heterocycles. The molecule has 0 radical (unpaired) electrons. The number of ether oxygens (including phenoxy) is 1. The molecule has 3 heterocycles. The van der Waals surface area contributed by atoms with Gasteiger partial charge in [-0.15, -0.1) is 0 Å². The van der Waals surface area contributed by atoms with Crippen molar-refractivity contribution in [2.45, 2.75) is 32.7 Å². The molecule has 4 heteroatoms. The average Bonchev–Trinajstić information content (AvgIpc) is 2.92. The van der Waals surface area contributed by atoms with Crippen LogP contribution in [0.4, 0.5) is 0 Å². The Morgan fingerprint density at radius 3 is 2.95 bits per heavy atom. The second-order valence-electron chi connectivity index (χ2n) is 6.53. The van der Waals surface area contributed by atoms with Crippen molar-refractivity contribution >= 4 is 16.8 Å². The van der Waals surface area contributed by atoms with Gasteiger partial charge in [0, 0.05) is 60.8 Å². The maximum atomic E-state index is 12.7. The van der Waals surface area contributed by atoms with Gasteiger partial charge in [-0.25, -0.2) is 0 Å². The minimum Gasteiger partial charge on any atom is -0.381 e. The van der Waals surface area contributed by atoms with Gasteiger partial charge in [-0.3, -0.25) is 4.79 Å². The molecule has 1 saturated heterocycles. The maximum absolute atomic E-state index is 12.7. The standard InChI is InChI=1S/C18H22N2O2/c1-12-2-3-16-14(10-12)15-11-20(7-4-17(15)19-16)18(21)13-5-8-22-9-6-13/h2-3,10,13,19H,4-9,11H2,1H3. The predicted octanol–water partition coefficient (Wildman–Crippen LogP) is 2.79. The van der Waals surface area contributed by atoms with E-state index in [1.54, 1.807) is 0 Å². The zero-order valence-corrected chi connectivity index (χ0v) is 13.0. The smallest absolute Gasteiger partial charge is 0.226 e. The second kappa shape index (κ2) is 5.43. The van der Waals surface area contributed by atoms with Crippen LogP contribution in [0.25, 0.3) is 10.9 Å². The van der Waals surface area contributed by atoms with E-state index >= 15 is 0 Å². The van der Waals surface area contributed by atoms with Crippen LogP contribution >= 0.6 is 0 Å². The molecule has 1 amide bonds. The van der Waals surface area contributed by atoms with Crippen molar-refractivity contribution in [3.05, 3.63) is 35.0 Å². The van der Waals surface area contributed by atoms with E-state index in [1.165, 1.54) is 27.7 Å². The molecular formula is C18H22N2O2. The number of aromatic amines is 1. The van der Waals surface area contributed by atoms with E-state index in [0.29, 0.717) is 5.91 Å². The molecule has 1 aromatic carbocycles. The van der Waals surface area contributed by atoms with E-state index in [1.807, 2.05) is 4.90 Å². The van der Waals surface area contributed by atoms with Gasteiger partial charge in [0.15, 0.2) is 0 Å². The van der Waals surface area contributed by atoms with Gasteiger partial charge in [-0.05, 0) is 31.9 Å². The molecule has 0 saturated carbocycles. The third kappa shape index (κ3) is 2.31. The SMILES string of the molecule is Cc1ccc2[nH]c3c(c2c1)CN(C(=O)C1CCOCC1)CC3. The number of nitrogens with one attached hydrogen (secondary N) is 1. The number of amides is 1. The number of rotatable bonds is 1. The topological polar surface area (TPSA) is 45.3 Å². The molecule has 1 fully saturated rings. The highest BCUT2D eigenvalue weighted by atomic mass is 16.5. The molecule has 4 nitrogen and oxygen atoms in total. The fourth-order valence-corrected chi connectivity index (χ4v) is 3.72. The normalized spacial score (nSPS) is 19.4. The number of fused-ring (bicyclic) bond motifs is 3. The van der Waals surface area contributed by atoms with Gasteiger partial charge in [-0.2, -0.15) is 0 Å². The molecule has 22 heavy (non-hydrogen) atoms. The summed E-state index contributed by atoms with van der Waals surface area (Å²) in [5.74, 6) is 0.471. The summed E-state index contributed by atoms with van der Waals surface area (Å²) in [7, 11) is 0. The Hall–Kier alpha value is -1.81. The minimum absolute atomic E-state index is 0.155.